The average Bonchev–Trinajstić information content (AvgIpc) is 1.91. The minimum absolute atomic E-state index is 0.0139. The van der Waals surface area contributed by atoms with Crippen molar-refractivity contribution in [3.8, 4) is 0 Å². The predicted octanol–water partition coefficient (Wildman–Crippen LogP) is -0.316. The number of carbonyl (C=O) groups excluding carboxylic acids is 1. The van der Waals surface area contributed by atoms with Crippen molar-refractivity contribution in [3.05, 3.63) is 0 Å². The quantitative estimate of drug-likeness (QED) is 0.454. The normalized spacial score (nSPS) is 30.4. The van der Waals surface area contributed by atoms with Gasteiger partial charge >= 0.3 is 0 Å². The van der Waals surface area contributed by atoms with E-state index in [0.717, 1.165) is 0 Å². The maximum Gasteiger partial charge on any atom is 0.248 e. The summed E-state index contributed by atoms with van der Waals surface area (Å²) in [6.07, 6.45) is 0. The summed E-state index contributed by atoms with van der Waals surface area (Å²) < 4.78 is 0. The zero-order valence-corrected chi connectivity index (χ0v) is 4.10. The number of hydrogen-bond acceptors (Lipinski definition) is 2. The first-order valence-electron chi connectivity index (χ1n) is 2.22. The molecule has 1 fully saturated rings. The fourth-order valence-corrected chi connectivity index (χ4v) is 0.414. The van der Waals surface area contributed by atoms with Crippen LogP contribution in [-0.2, 0) is 9.63 Å². The third-order valence-corrected chi connectivity index (χ3v) is 0.954. The number of rotatable bonds is 0. The third-order valence-electron chi connectivity index (χ3n) is 0.954. The van der Waals surface area contributed by atoms with Crippen molar-refractivity contribution >= 4 is 5.91 Å². The van der Waals surface area contributed by atoms with Crippen molar-refractivity contribution in [1.82, 2.24) is 5.48 Å². The molecule has 0 aromatic rings. The van der Waals surface area contributed by atoms with Gasteiger partial charge in [0.05, 0.1) is 12.5 Å². The van der Waals surface area contributed by atoms with Crippen LogP contribution in [0.3, 0.4) is 0 Å². The van der Waals surface area contributed by atoms with Gasteiger partial charge in [-0.25, -0.2) is 5.48 Å². The monoisotopic (exact) mass is 101 g/mol. The van der Waals surface area contributed by atoms with Crippen LogP contribution in [0.1, 0.15) is 6.92 Å². The Hall–Kier alpha value is -0.570. The Balaban J connectivity index is 2.48. The molecule has 0 radical (unpaired) electrons. The maximum absolute atomic E-state index is 10.3. The first kappa shape index (κ1) is 4.59. The van der Waals surface area contributed by atoms with Gasteiger partial charge in [-0.2, -0.15) is 0 Å². The van der Waals surface area contributed by atoms with E-state index in [2.05, 4.69) is 10.3 Å². The Bertz CT molecular complexity index is 91.7. The molecule has 7 heavy (non-hydrogen) atoms. The Morgan fingerprint density at radius 3 is 2.86 bits per heavy atom. The molecule has 0 aromatic heterocycles. The van der Waals surface area contributed by atoms with Gasteiger partial charge in [0, 0.05) is 0 Å². The van der Waals surface area contributed by atoms with Gasteiger partial charge < -0.3 is 0 Å². The molecule has 40 valence electrons. The Morgan fingerprint density at radius 2 is 2.71 bits per heavy atom. The van der Waals surface area contributed by atoms with Crippen LogP contribution in [0, 0.1) is 5.92 Å². The molecule has 3 heteroatoms. The molecule has 0 unspecified atom stereocenters. The highest BCUT2D eigenvalue weighted by atomic mass is 16.7. The second-order valence-electron chi connectivity index (χ2n) is 1.68. The van der Waals surface area contributed by atoms with Crippen molar-refractivity contribution in [2.24, 2.45) is 5.92 Å². The molecule has 1 aliphatic heterocycles. The van der Waals surface area contributed by atoms with Crippen LogP contribution in [0.4, 0.5) is 0 Å². The number of hydroxylamine groups is 1. The van der Waals surface area contributed by atoms with Crippen molar-refractivity contribution in [2.75, 3.05) is 6.61 Å². The van der Waals surface area contributed by atoms with E-state index in [-0.39, 0.29) is 11.8 Å². The highest BCUT2D eigenvalue weighted by Gasteiger charge is 2.19. The lowest BCUT2D eigenvalue weighted by molar-refractivity contribution is -0.125. The first-order chi connectivity index (χ1) is 3.30. The summed E-state index contributed by atoms with van der Waals surface area (Å²) in [7, 11) is 0. The topological polar surface area (TPSA) is 38.3 Å². The van der Waals surface area contributed by atoms with Crippen LogP contribution in [0.5, 0.6) is 0 Å². The second kappa shape index (κ2) is 1.50. The van der Waals surface area contributed by atoms with Gasteiger partial charge in [-0.15, -0.1) is 0 Å². The van der Waals surface area contributed by atoms with E-state index < -0.39 is 0 Å². The molecule has 0 spiro atoms. The molecule has 0 bridgehead atoms. The molecule has 1 amide bonds. The predicted molar refractivity (Wildman–Crippen MR) is 23.3 cm³/mol. The first-order valence-corrected chi connectivity index (χ1v) is 2.22. The van der Waals surface area contributed by atoms with E-state index in [4.69, 9.17) is 0 Å². The minimum Gasteiger partial charge on any atom is -0.273 e. The smallest absolute Gasteiger partial charge is 0.248 e. The van der Waals surface area contributed by atoms with E-state index in [9.17, 15) is 4.79 Å². The van der Waals surface area contributed by atoms with Crippen LogP contribution in [0.25, 0.3) is 0 Å². The van der Waals surface area contributed by atoms with Crippen molar-refractivity contribution in [2.45, 2.75) is 6.92 Å². The fourth-order valence-electron chi connectivity index (χ4n) is 0.414. The van der Waals surface area contributed by atoms with Gasteiger partial charge in [0.25, 0.3) is 0 Å². The van der Waals surface area contributed by atoms with Gasteiger partial charge in [0.1, 0.15) is 0 Å². The molecule has 1 atom stereocenters. The van der Waals surface area contributed by atoms with Crippen LogP contribution < -0.4 is 5.48 Å². The van der Waals surface area contributed by atoms with Crippen molar-refractivity contribution in [1.29, 1.82) is 0 Å². The lowest BCUT2D eigenvalue weighted by atomic mass is 10.2. The Labute approximate surface area is 41.6 Å². The average molecular weight is 101 g/mol. The summed E-state index contributed by atoms with van der Waals surface area (Å²) >= 11 is 0. The summed E-state index contributed by atoms with van der Waals surface area (Å²) in [6.45, 7) is 2.33. The summed E-state index contributed by atoms with van der Waals surface area (Å²) in [6, 6.07) is 0. The third kappa shape index (κ3) is 0.718. The molecule has 3 nitrogen and oxygen atoms in total. The molecule has 1 rings (SSSR count). The maximum atomic E-state index is 10.3. The summed E-state index contributed by atoms with van der Waals surface area (Å²) in [5.41, 5.74) is 2.23. The highest BCUT2D eigenvalue weighted by molar-refractivity contribution is 5.78. The van der Waals surface area contributed by atoms with Crippen LogP contribution in [0.15, 0.2) is 0 Å². The van der Waals surface area contributed by atoms with E-state index >= 15 is 0 Å². The van der Waals surface area contributed by atoms with Gasteiger partial charge in [-0.3, -0.25) is 9.63 Å². The number of carbonyl (C=O) groups is 1. The zero-order valence-electron chi connectivity index (χ0n) is 4.10. The van der Waals surface area contributed by atoms with Gasteiger partial charge in [-0.1, -0.05) is 6.92 Å². The molecule has 0 aromatic carbocycles. The Morgan fingerprint density at radius 1 is 2.00 bits per heavy atom. The standard InChI is InChI=1S/C4H7NO2/c1-3-2-7-5-4(3)6/h3H,2H2,1H3,(H,5,6)/t3-/m0/s1. The van der Waals surface area contributed by atoms with Gasteiger partial charge in [-0.05, 0) is 0 Å². The highest BCUT2D eigenvalue weighted by Crippen LogP contribution is 2.00. The van der Waals surface area contributed by atoms with E-state index in [1.165, 1.54) is 0 Å². The van der Waals surface area contributed by atoms with E-state index in [1.807, 2.05) is 6.92 Å². The van der Waals surface area contributed by atoms with Crippen LogP contribution in [-0.4, -0.2) is 12.5 Å². The summed E-state index contributed by atoms with van der Waals surface area (Å²) in [5.74, 6) is 0.0278. The molecule has 1 N–H and O–H groups in total. The summed E-state index contributed by atoms with van der Waals surface area (Å²) in [5, 5.41) is 0. The molecule has 0 saturated carbocycles. The van der Waals surface area contributed by atoms with Crippen LogP contribution in [0.2, 0.25) is 0 Å². The van der Waals surface area contributed by atoms with E-state index in [0.29, 0.717) is 6.61 Å². The summed E-state index contributed by atoms with van der Waals surface area (Å²) in [4.78, 5) is 14.9. The lowest BCUT2D eigenvalue weighted by Crippen LogP contribution is -2.15. The molecule has 1 aliphatic rings. The van der Waals surface area contributed by atoms with Crippen LogP contribution >= 0.6 is 0 Å². The van der Waals surface area contributed by atoms with Crippen molar-refractivity contribution < 1.29 is 9.63 Å². The number of nitrogens with one attached hydrogen (secondary N) is 1. The van der Waals surface area contributed by atoms with E-state index in [1.54, 1.807) is 0 Å². The number of amides is 1. The molecule has 0 aliphatic carbocycles. The molecular formula is C4H7NO2. The molecule has 1 heterocycles. The van der Waals surface area contributed by atoms with Crippen molar-refractivity contribution in [3.63, 3.8) is 0 Å². The molecule has 1 saturated heterocycles. The Kier molecular flexibility index (Phi) is 0.982. The fraction of sp³-hybridized carbons (Fsp3) is 0.750. The second-order valence-corrected chi connectivity index (χ2v) is 1.68. The largest absolute Gasteiger partial charge is 0.273 e. The molecular weight excluding hydrogens is 94.0 g/mol. The lowest BCUT2D eigenvalue weighted by Gasteiger charge is -1.86. The van der Waals surface area contributed by atoms with Gasteiger partial charge in [0.2, 0.25) is 5.91 Å². The van der Waals surface area contributed by atoms with Gasteiger partial charge in [0.15, 0.2) is 0 Å². The zero-order chi connectivity index (χ0) is 5.28. The minimum atomic E-state index is -0.0139. The number of hydrogen-bond donors (Lipinski definition) is 1. The SMILES string of the molecule is C[C@H]1CONC1=O.